The van der Waals surface area contributed by atoms with Crippen LogP contribution in [0.2, 0.25) is 0 Å². The van der Waals surface area contributed by atoms with Crippen LogP contribution >= 0.6 is 0 Å². The van der Waals surface area contributed by atoms with E-state index >= 15 is 0 Å². The summed E-state index contributed by atoms with van der Waals surface area (Å²) in [4.78, 5) is 38.1. The minimum atomic E-state index is -0.593. The Labute approximate surface area is 178 Å². The summed E-state index contributed by atoms with van der Waals surface area (Å²) in [6.45, 7) is 0.842. The number of benzene rings is 1. The van der Waals surface area contributed by atoms with Gasteiger partial charge in [0.2, 0.25) is 0 Å². The van der Waals surface area contributed by atoms with Gasteiger partial charge in [-0.25, -0.2) is 9.48 Å². The molecule has 1 saturated carbocycles. The molecule has 0 radical (unpaired) electrons. The lowest BCUT2D eigenvalue weighted by atomic mass is 9.95. The van der Waals surface area contributed by atoms with Crippen molar-refractivity contribution < 1.29 is 19.2 Å². The van der Waals surface area contributed by atoms with Crippen LogP contribution in [0.3, 0.4) is 0 Å². The second-order valence-electron chi connectivity index (χ2n) is 7.91. The van der Waals surface area contributed by atoms with Crippen LogP contribution in [-0.2, 0) is 7.05 Å². The number of nitro groups is 1. The molecule has 1 aliphatic heterocycles. The van der Waals surface area contributed by atoms with E-state index in [-0.39, 0.29) is 40.4 Å². The van der Waals surface area contributed by atoms with Gasteiger partial charge in [-0.15, -0.1) is 0 Å². The number of amides is 1. The molecule has 11 heteroatoms. The molecule has 2 aliphatic rings. The largest absolute Gasteiger partial charge is 0.493 e. The Balaban J connectivity index is 1.55. The molecule has 0 N–H and O–H groups in total. The van der Waals surface area contributed by atoms with Crippen LogP contribution in [-0.4, -0.2) is 57.4 Å². The summed E-state index contributed by atoms with van der Waals surface area (Å²) in [5.74, 6) is 0.871. The average molecular weight is 431 g/mol. The van der Waals surface area contributed by atoms with E-state index in [0.29, 0.717) is 25.9 Å². The third kappa shape index (κ3) is 3.75. The van der Waals surface area contributed by atoms with Crippen molar-refractivity contribution in [3.05, 3.63) is 44.1 Å². The summed E-state index contributed by atoms with van der Waals surface area (Å²) >= 11 is 0. The van der Waals surface area contributed by atoms with Crippen LogP contribution in [0, 0.1) is 10.1 Å². The second-order valence-corrected chi connectivity index (χ2v) is 7.91. The van der Waals surface area contributed by atoms with Gasteiger partial charge >= 0.3 is 5.69 Å². The van der Waals surface area contributed by atoms with Crippen LogP contribution in [0.1, 0.15) is 53.8 Å². The fraction of sp³-hybridized carbons (Fsp3) is 0.550. The lowest BCUT2D eigenvalue weighted by Gasteiger charge is -2.31. The van der Waals surface area contributed by atoms with Crippen molar-refractivity contribution in [2.24, 2.45) is 7.05 Å². The maximum absolute atomic E-state index is 13.1. The number of rotatable bonds is 6. The Morgan fingerprint density at radius 2 is 1.74 bits per heavy atom. The number of hydrogen-bond acceptors (Lipinski definition) is 7. The summed E-state index contributed by atoms with van der Waals surface area (Å²) in [5.41, 5.74) is -0.456. The molecule has 0 bridgehead atoms. The van der Waals surface area contributed by atoms with Gasteiger partial charge in [0.1, 0.15) is 11.4 Å². The molecule has 0 unspecified atom stereocenters. The zero-order valence-electron chi connectivity index (χ0n) is 17.7. The maximum atomic E-state index is 13.1. The highest BCUT2D eigenvalue weighted by Gasteiger charge is 2.35. The SMILES string of the molecule is COc1cc(C(=O)N2CCC(c3nn(C)c(=O)n3C3CC3)CC2)c([N+](=O)[O-])cc1OC. The quantitative estimate of drug-likeness (QED) is 0.505. The van der Waals surface area contributed by atoms with Gasteiger partial charge < -0.3 is 14.4 Å². The molecule has 166 valence electrons. The van der Waals surface area contributed by atoms with Crippen LogP contribution in [0.4, 0.5) is 5.69 Å². The highest BCUT2D eigenvalue weighted by atomic mass is 16.6. The Hall–Kier alpha value is -3.37. The summed E-state index contributed by atoms with van der Waals surface area (Å²) in [6.07, 6.45) is 3.24. The van der Waals surface area contributed by atoms with Crippen LogP contribution in [0.15, 0.2) is 16.9 Å². The molecule has 1 aliphatic carbocycles. The van der Waals surface area contributed by atoms with E-state index in [1.54, 1.807) is 16.5 Å². The van der Waals surface area contributed by atoms with Gasteiger partial charge in [-0.1, -0.05) is 0 Å². The van der Waals surface area contributed by atoms with E-state index < -0.39 is 10.8 Å². The Kier molecular flexibility index (Phi) is 5.42. The van der Waals surface area contributed by atoms with Crippen molar-refractivity contribution in [2.45, 2.75) is 37.6 Å². The van der Waals surface area contributed by atoms with Gasteiger partial charge in [-0.3, -0.25) is 19.5 Å². The summed E-state index contributed by atoms with van der Waals surface area (Å²) in [6, 6.07) is 2.79. The van der Waals surface area contributed by atoms with E-state index in [4.69, 9.17) is 9.47 Å². The summed E-state index contributed by atoms with van der Waals surface area (Å²) in [5, 5.41) is 16.0. The minimum Gasteiger partial charge on any atom is -0.493 e. The first-order valence-electron chi connectivity index (χ1n) is 10.2. The van der Waals surface area contributed by atoms with Gasteiger partial charge in [-0.05, 0) is 25.7 Å². The first-order valence-corrected chi connectivity index (χ1v) is 10.2. The lowest BCUT2D eigenvalue weighted by molar-refractivity contribution is -0.385. The highest BCUT2D eigenvalue weighted by molar-refractivity contribution is 5.99. The number of methoxy groups -OCH3 is 2. The monoisotopic (exact) mass is 431 g/mol. The third-order valence-corrected chi connectivity index (χ3v) is 5.97. The molecule has 4 rings (SSSR count). The normalized spacial score (nSPS) is 16.9. The van der Waals surface area contributed by atoms with E-state index in [1.807, 2.05) is 0 Å². The molecule has 2 heterocycles. The second kappa shape index (κ2) is 8.05. The molecular formula is C20H25N5O6. The van der Waals surface area contributed by atoms with Gasteiger partial charge in [0.05, 0.1) is 25.2 Å². The fourth-order valence-electron chi connectivity index (χ4n) is 4.15. The Morgan fingerprint density at radius 3 is 2.29 bits per heavy atom. The molecule has 2 fully saturated rings. The van der Waals surface area contributed by atoms with Crippen molar-refractivity contribution >= 4 is 11.6 Å². The molecule has 2 aromatic rings. The molecule has 0 atom stereocenters. The van der Waals surface area contributed by atoms with Crippen molar-refractivity contribution in [3.63, 3.8) is 0 Å². The number of nitro benzene ring substituents is 1. The Morgan fingerprint density at radius 1 is 1.13 bits per heavy atom. The van der Waals surface area contributed by atoms with E-state index in [2.05, 4.69) is 5.10 Å². The molecule has 11 nitrogen and oxygen atoms in total. The molecule has 1 amide bonds. The Bertz CT molecular complexity index is 1080. The smallest absolute Gasteiger partial charge is 0.345 e. The van der Waals surface area contributed by atoms with Crippen LogP contribution in [0.25, 0.3) is 0 Å². The molecular weight excluding hydrogens is 406 g/mol. The van der Waals surface area contributed by atoms with Gasteiger partial charge in [0.25, 0.3) is 11.6 Å². The summed E-state index contributed by atoms with van der Waals surface area (Å²) in [7, 11) is 4.45. The first-order chi connectivity index (χ1) is 14.8. The lowest BCUT2D eigenvalue weighted by Crippen LogP contribution is -2.39. The van der Waals surface area contributed by atoms with E-state index in [9.17, 15) is 19.7 Å². The van der Waals surface area contributed by atoms with Crippen molar-refractivity contribution in [1.82, 2.24) is 19.2 Å². The number of aromatic nitrogens is 3. The molecule has 1 aromatic carbocycles. The third-order valence-electron chi connectivity index (χ3n) is 5.97. The zero-order valence-corrected chi connectivity index (χ0v) is 17.7. The van der Waals surface area contributed by atoms with Crippen molar-refractivity contribution in [2.75, 3.05) is 27.3 Å². The van der Waals surface area contributed by atoms with Crippen LogP contribution < -0.4 is 15.2 Å². The molecule has 31 heavy (non-hydrogen) atoms. The standard InChI is InChI=1S/C20H25N5O6/c1-22-20(27)24(13-4-5-13)18(21-22)12-6-8-23(9-7-12)19(26)14-10-16(30-2)17(31-3)11-15(14)25(28)29/h10-13H,4-9H2,1-3H3. The van der Waals surface area contributed by atoms with Crippen molar-refractivity contribution in [3.8, 4) is 11.5 Å². The first kappa shape index (κ1) is 20.9. The van der Waals surface area contributed by atoms with E-state index in [1.165, 1.54) is 31.0 Å². The van der Waals surface area contributed by atoms with E-state index in [0.717, 1.165) is 18.7 Å². The maximum Gasteiger partial charge on any atom is 0.345 e. The van der Waals surface area contributed by atoms with Gasteiger partial charge in [0, 0.05) is 38.2 Å². The molecule has 0 spiro atoms. The number of hydrogen-bond donors (Lipinski definition) is 0. The number of ether oxygens (including phenoxy) is 2. The number of carbonyl (C=O) groups is 1. The number of nitrogens with zero attached hydrogens (tertiary/aromatic N) is 5. The predicted octanol–water partition coefficient (Wildman–Crippen LogP) is 1.86. The fourth-order valence-corrected chi connectivity index (χ4v) is 4.15. The number of piperidine rings is 1. The number of aryl methyl sites for hydroxylation is 1. The minimum absolute atomic E-state index is 0.0335. The average Bonchev–Trinajstić information content (AvgIpc) is 3.57. The zero-order chi connectivity index (χ0) is 22.3. The molecule has 1 saturated heterocycles. The summed E-state index contributed by atoms with van der Waals surface area (Å²) < 4.78 is 13.5. The van der Waals surface area contributed by atoms with Crippen molar-refractivity contribution in [1.29, 1.82) is 0 Å². The topological polar surface area (TPSA) is 122 Å². The predicted molar refractivity (Wildman–Crippen MR) is 110 cm³/mol. The molecule has 1 aromatic heterocycles. The number of carbonyl (C=O) groups excluding carboxylic acids is 1. The number of likely N-dealkylation sites (tertiary alicyclic amines) is 1. The van der Waals surface area contributed by atoms with Crippen LogP contribution in [0.5, 0.6) is 11.5 Å². The highest BCUT2D eigenvalue weighted by Crippen LogP contribution is 2.38. The van der Waals surface area contributed by atoms with Gasteiger partial charge in [0.15, 0.2) is 11.5 Å². The van der Waals surface area contributed by atoms with Gasteiger partial charge in [-0.2, -0.15) is 5.10 Å².